The minimum atomic E-state index is -0.782. The lowest BCUT2D eigenvalue weighted by atomic mass is 9.91. The minimum absolute atomic E-state index is 0.0477. The molecule has 6 heteroatoms. The molecule has 0 bridgehead atoms. The quantitative estimate of drug-likeness (QED) is 0.421. The molecule has 0 saturated carbocycles. The monoisotopic (exact) mass is 474 g/mol. The van der Waals surface area contributed by atoms with Crippen molar-refractivity contribution < 1.29 is 19.4 Å². The Balaban J connectivity index is 1.61. The lowest BCUT2D eigenvalue weighted by Crippen LogP contribution is -2.22. The zero-order valence-corrected chi connectivity index (χ0v) is 20.9. The number of ether oxygens (including phenoxy) is 2. The van der Waals surface area contributed by atoms with Crippen LogP contribution in [0, 0.1) is 5.92 Å². The minimum Gasteiger partial charge on any atom is -0.485 e. The third-order valence-electron chi connectivity index (χ3n) is 6.50. The number of nitrogens with one attached hydrogen (secondary N) is 1. The van der Waals surface area contributed by atoms with Gasteiger partial charge in [-0.25, -0.2) is 4.98 Å². The summed E-state index contributed by atoms with van der Waals surface area (Å²) in [7, 11) is 1.63. The molecular formula is C29H34N2O4. The van der Waals surface area contributed by atoms with E-state index in [9.17, 15) is 9.90 Å². The molecule has 35 heavy (non-hydrogen) atoms. The second-order valence-corrected chi connectivity index (χ2v) is 9.57. The summed E-state index contributed by atoms with van der Waals surface area (Å²) in [4.78, 5) is 15.5. The van der Waals surface area contributed by atoms with Crippen LogP contribution in [0.3, 0.4) is 0 Å². The van der Waals surface area contributed by atoms with Crippen LogP contribution in [0.1, 0.15) is 55.5 Å². The predicted molar refractivity (Wildman–Crippen MR) is 137 cm³/mol. The lowest BCUT2D eigenvalue weighted by Gasteiger charge is -2.28. The van der Waals surface area contributed by atoms with Crippen LogP contribution in [0.15, 0.2) is 54.7 Å². The number of rotatable bonds is 9. The van der Waals surface area contributed by atoms with Crippen LogP contribution in [-0.2, 0) is 24.2 Å². The highest BCUT2D eigenvalue weighted by atomic mass is 16.5. The lowest BCUT2D eigenvalue weighted by molar-refractivity contribution is -0.141. The standard InChI is InChI=1S/C29H34N2O4/c1-18(2)31-17-24-15-23(7-9-25(24)22-11-12-30-28(16-22)34-4)26-10-8-21-6-5-20(14-27(21)35-26)13-19(3)29(32)33/h5-7,9,11-12,14-16,18-19,26,31H,8,10,13,17H2,1-4H3,(H,32,33)/t19-,26-/m0/s1. The van der Waals surface area contributed by atoms with E-state index in [0.29, 0.717) is 18.3 Å². The predicted octanol–water partition coefficient (Wildman–Crippen LogP) is 5.58. The summed E-state index contributed by atoms with van der Waals surface area (Å²) in [6, 6.07) is 17.0. The van der Waals surface area contributed by atoms with Gasteiger partial charge in [0.25, 0.3) is 0 Å². The Bertz CT molecular complexity index is 1190. The number of aryl methyl sites for hydroxylation is 1. The van der Waals surface area contributed by atoms with Gasteiger partial charge < -0.3 is 19.9 Å². The Morgan fingerprint density at radius 2 is 2.00 bits per heavy atom. The molecule has 0 radical (unpaired) electrons. The molecule has 0 amide bonds. The summed E-state index contributed by atoms with van der Waals surface area (Å²) in [5, 5.41) is 12.8. The number of nitrogens with zero attached hydrogens (tertiary/aromatic N) is 1. The number of carboxylic acids is 1. The van der Waals surface area contributed by atoms with Crippen molar-refractivity contribution in [3.63, 3.8) is 0 Å². The molecule has 2 heterocycles. The summed E-state index contributed by atoms with van der Waals surface area (Å²) in [5.74, 6) is 0.245. The van der Waals surface area contributed by atoms with Gasteiger partial charge in [0, 0.05) is 24.8 Å². The summed E-state index contributed by atoms with van der Waals surface area (Å²) < 4.78 is 11.8. The molecule has 0 fully saturated rings. The van der Waals surface area contributed by atoms with Crippen molar-refractivity contribution in [2.45, 2.75) is 58.7 Å². The molecule has 0 unspecified atom stereocenters. The molecule has 1 aliphatic heterocycles. The van der Waals surface area contributed by atoms with Gasteiger partial charge in [0.15, 0.2) is 0 Å². The van der Waals surface area contributed by atoms with Crippen LogP contribution >= 0.6 is 0 Å². The molecule has 0 spiro atoms. The van der Waals surface area contributed by atoms with E-state index in [2.05, 4.69) is 48.4 Å². The van der Waals surface area contributed by atoms with E-state index >= 15 is 0 Å². The molecule has 1 aromatic heterocycles. The fraction of sp³-hybridized carbons (Fsp3) is 0.379. The number of pyridine rings is 1. The number of aliphatic carboxylic acids is 1. The molecule has 6 nitrogen and oxygen atoms in total. The van der Waals surface area contributed by atoms with E-state index in [0.717, 1.165) is 47.4 Å². The molecule has 2 N–H and O–H groups in total. The van der Waals surface area contributed by atoms with Crippen LogP contribution in [0.25, 0.3) is 11.1 Å². The van der Waals surface area contributed by atoms with Crippen molar-refractivity contribution in [2.24, 2.45) is 5.92 Å². The fourth-order valence-electron chi connectivity index (χ4n) is 4.46. The smallest absolute Gasteiger partial charge is 0.306 e. The van der Waals surface area contributed by atoms with Crippen molar-refractivity contribution in [2.75, 3.05) is 7.11 Å². The number of benzene rings is 2. The van der Waals surface area contributed by atoms with Gasteiger partial charge in [-0.05, 0) is 64.8 Å². The number of carboxylic acid groups (broad SMARTS) is 1. The molecule has 4 rings (SSSR count). The SMILES string of the molecule is COc1cc(-c2ccc([C@@H]3CCc4ccc(C[C@H](C)C(=O)O)cc4O3)cc2CNC(C)C)ccn1. The highest BCUT2D eigenvalue weighted by molar-refractivity contribution is 5.70. The average Bonchev–Trinajstić information content (AvgIpc) is 2.86. The first-order chi connectivity index (χ1) is 16.8. The van der Waals surface area contributed by atoms with Gasteiger partial charge in [-0.1, -0.05) is 51.1 Å². The van der Waals surface area contributed by atoms with Gasteiger partial charge in [-0.3, -0.25) is 4.79 Å². The highest BCUT2D eigenvalue weighted by Gasteiger charge is 2.23. The van der Waals surface area contributed by atoms with Crippen molar-refractivity contribution in [1.29, 1.82) is 0 Å². The van der Waals surface area contributed by atoms with Gasteiger partial charge >= 0.3 is 5.97 Å². The van der Waals surface area contributed by atoms with Crippen LogP contribution in [0.2, 0.25) is 0 Å². The van der Waals surface area contributed by atoms with E-state index in [-0.39, 0.29) is 6.10 Å². The highest BCUT2D eigenvalue weighted by Crippen LogP contribution is 2.37. The van der Waals surface area contributed by atoms with E-state index in [4.69, 9.17) is 9.47 Å². The van der Waals surface area contributed by atoms with Crippen LogP contribution < -0.4 is 14.8 Å². The fourth-order valence-corrected chi connectivity index (χ4v) is 4.46. The third-order valence-corrected chi connectivity index (χ3v) is 6.50. The molecule has 184 valence electrons. The maximum absolute atomic E-state index is 11.3. The summed E-state index contributed by atoms with van der Waals surface area (Å²) in [6.45, 7) is 6.76. The molecule has 2 atom stereocenters. The Hall–Kier alpha value is -3.38. The van der Waals surface area contributed by atoms with E-state index in [1.807, 2.05) is 24.3 Å². The number of hydrogen-bond donors (Lipinski definition) is 2. The summed E-state index contributed by atoms with van der Waals surface area (Å²) >= 11 is 0. The molecule has 0 aliphatic carbocycles. The zero-order chi connectivity index (χ0) is 24.9. The topological polar surface area (TPSA) is 80.7 Å². The average molecular weight is 475 g/mol. The Labute approximate surface area is 207 Å². The van der Waals surface area contributed by atoms with Crippen molar-refractivity contribution >= 4 is 5.97 Å². The van der Waals surface area contributed by atoms with Gasteiger partial charge in [0.2, 0.25) is 5.88 Å². The van der Waals surface area contributed by atoms with E-state index in [1.54, 1.807) is 20.2 Å². The van der Waals surface area contributed by atoms with Crippen LogP contribution in [-0.4, -0.2) is 29.2 Å². The Morgan fingerprint density at radius 3 is 2.74 bits per heavy atom. The first kappa shape index (κ1) is 24.7. The zero-order valence-electron chi connectivity index (χ0n) is 20.9. The first-order valence-electron chi connectivity index (χ1n) is 12.2. The number of hydrogen-bond acceptors (Lipinski definition) is 5. The maximum atomic E-state index is 11.3. The normalized spacial score (nSPS) is 15.9. The Kier molecular flexibility index (Phi) is 7.71. The second kappa shape index (κ2) is 10.9. The number of methoxy groups -OCH3 is 1. The number of aromatic nitrogens is 1. The largest absolute Gasteiger partial charge is 0.485 e. The van der Waals surface area contributed by atoms with Crippen molar-refractivity contribution in [1.82, 2.24) is 10.3 Å². The second-order valence-electron chi connectivity index (χ2n) is 9.57. The maximum Gasteiger partial charge on any atom is 0.306 e. The van der Waals surface area contributed by atoms with Gasteiger partial charge in [-0.15, -0.1) is 0 Å². The van der Waals surface area contributed by atoms with Crippen LogP contribution in [0.5, 0.6) is 11.6 Å². The molecule has 0 saturated heterocycles. The Morgan fingerprint density at radius 1 is 1.17 bits per heavy atom. The molecule has 2 aromatic carbocycles. The van der Waals surface area contributed by atoms with E-state index < -0.39 is 11.9 Å². The molecule has 3 aromatic rings. The molecule has 1 aliphatic rings. The van der Waals surface area contributed by atoms with Crippen molar-refractivity contribution in [3.05, 3.63) is 77.0 Å². The van der Waals surface area contributed by atoms with Gasteiger partial charge in [-0.2, -0.15) is 0 Å². The van der Waals surface area contributed by atoms with E-state index in [1.165, 1.54) is 11.1 Å². The van der Waals surface area contributed by atoms with Crippen molar-refractivity contribution in [3.8, 4) is 22.8 Å². The van der Waals surface area contributed by atoms with Gasteiger partial charge in [0.05, 0.1) is 13.0 Å². The first-order valence-corrected chi connectivity index (χ1v) is 12.2. The third kappa shape index (κ3) is 6.01. The summed E-state index contributed by atoms with van der Waals surface area (Å²) in [6.07, 6.45) is 4.04. The summed E-state index contributed by atoms with van der Waals surface area (Å²) in [5.41, 5.74) is 6.71. The van der Waals surface area contributed by atoms with Gasteiger partial charge in [0.1, 0.15) is 11.9 Å². The van der Waals surface area contributed by atoms with Crippen LogP contribution in [0.4, 0.5) is 0 Å². The number of fused-ring (bicyclic) bond motifs is 1. The number of carbonyl (C=O) groups is 1. The molecular weight excluding hydrogens is 440 g/mol.